The Bertz CT molecular complexity index is 224. The van der Waals surface area contributed by atoms with Crippen LogP contribution < -0.4 is 5.32 Å². The maximum atomic E-state index is 11.0. The highest BCUT2D eigenvalue weighted by molar-refractivity contribution is 5.75. The number of carboxylic acid groups (broad SMARTS) is 1. The van der Waals surface area contributed by atoms with Crippen molar-refractivity contribution in [2.75, 3.05) is 0 Å². The lowest BCUT2D eigenvalue weighted by molar-refractivity contribution is -0.138. The standard InChI is InChI=1S/C12H23NO3/c1-5-6-8(2)9(3)11(7-12(15)16)13-10(4)14/h8-9,11H,5-7H2,1-4H3,(H,13,14)(H,15,16)/t8-,9-,11-/m1/s1. The largest absolute Gasteiger partial charge is 0.481 e. The number of aliphatic carboxylic acids is 1. The third-order valence-corrected chi connectivity index (χ3v) is 3.06. The molecule has 0 aromatic rings. The van der Waals surface area contributed by atoms with Crippen LogP contribution in [-0.2, 0) is 9.59 Å². The van der Waals surface area contributed by atoms with Gasteiger partial charge >= 0.3 is 5.97 Å². The second kappa shape index (κ2) is 7.25. The summed E-state index contributed by atoms with van der Waals surface area (Å²) >= 11 is 0. The lowest BCUT2D eigenvalue weighted by atomic mass is 9.84. The maximum absolute atomic E-state index is 11.0. The Morgan fingerprint density at radius 1 is 1.31 bits per heavy atom. The Labute approximate surface area is 97.4 Å². The zero-order valence-electron chi connectivity index (χ0n) is 10.6. The van der Waals surface area contributed by atoms with Gasteiger partial charge in [-0.25, -0.2) is 0 Å². The molecule has 1 amide bonds. The molecule has 0 aromatic heterocycles. The summed E-state index contributed by atoms with van der Waals surface area (Å²) in [6, 6.07) is -0.267. The zero-order valence-corrected chi connectivity index (χ0v) is 10.6. The molecule has 0 radical (unpaired) electrons. The number of carboxylic acids is 1. The molecule has 0 spiro atoms. The molecule has 0 heterocycles. The van der Waals surface area contributed by atoms with Crippen molar-refractivity contribution in [3.05, 3.63) is 0 Å². The highest BCUT2D eigenvalue weighted by Crippen LogP contribution is 2.22. The fraction of sp³-hybridized carbons (Fsp3) is 0.833. The SMILES string of the molecule is CCC[C@@H](C)[C@@H](C)[C@@H](CC(=O)O)NC(C)=O. The second-order valence-electron chi connectivity index (χ2n) is 4.53. The lowest BCUT2D eigenvalue weighted by Crippen LogP contribution is -2.41. The molecule has 0 aliphatic rings. The van der Waals surface area contributed by atoms with Gasteiger partial charge < -0.3 is 10.4 Å². The first-order valence-electron chi connectivity index (χ1n) is 5.87. The molecule has 3 atom stereocenters. The molecule has 94 valence electrons. The van der Waals surface area contributed by atoms with E-state index in [1.807, 2.05) is 6.92 Å². The summed E-state index contributed by atoms with van der Waals surface area (Å²) in [5, 5.41) is 11.5. The molecule has 0 aliphatic carbocycles. The first-order valence-corrected chi connectivity index (χ1v) is 5.87. The third-order valence-electron chi connectivity index (χ3n) is 3.06. The minimum absolute atomic E-state index is 0.00516. The van der Waals surface area contributed by atoms with Crippen LogP contribution in [0.5, 0.6) is 0 Å². The molecule has 0 fully saturated rings. The average Bonchev–Trinajstić information content (AvgIpc) is 2.14. The molecule has 0 saturated heterocycles. The van der Waals surface area contributed by atoms with E-state index >= 15 is 0 Å². The number of hydrogen-bond acceptors (Lipinski definition) is 2. The normalized spacial score (nSPS) is 16.2. The molecule has 4 nitrogen and oxygen atoms in total. The van der Waals surface area contributed by atoms with Gasteiger partial charge in [-0.05, 0) is 11.8 Å². The van der Waals surface area contributed by atoms with Crippen LogP contribution in [-0.4, -0.2) is 23.0 Å². The van der Waals surface area contributed by atoms with Gasteiger partial charge in [0.2, 0.25) is 5.91 Å². The predicted octanol–water partition coefficient (Wildman–Crippen LogP) is 2.04. The van der Waals surface area contributed by atoms with Crippen LogP contribution in [0.15, 0.2) is 0 Å². The van der Waals surface area contributed by atoms with Crippen molar-refractivity contribution in [1.82, 2.24) is 5.32 Å². The Hall–Kier alpha value is -1.06. The van der Waals surface area contributed by atoms with E-state index in [1.165, 1.54) is 6.92 Å². The quantitative estimate of drug-likeness (QED) is 0.702. The van der Waals surface area contributed by atoms with E-state index in [2.05, 4.69) is 19.2 Å². The van der Waals surface area contributed by atoms with Crippen LogP contribution in [0.1, 0.15) is 47.0 Å². The smallest absolute Gasteiger partial charge is 0.305 e. The summed E-state index contributed by atoms with van der Waals surface area (Å²) in [5.41, 5.74) is 0. The van der Waals surface area contributed by atoms with Crippen LogP contribution in [0, 0.1) is 11.8 Å². The molecule has 0 bridgehead atoms. The summed E-state index contributed by atoms with van der Waals surface area (Å²) in [4.78, 5) is 21.7. The molecule has 0 aliphatic heterocycles. The highest BCUT2D eigenvalue weighted by Gasteiger charge is 2.25. The van der Waals surface area contributed by atoms with Crippen molar-refractivity contribution in [2.24, 2.45) is 11.8 Å². The molecule has 0 unspecified atom stereocenters. The van der Waals surface area contributed by atoms with Gasteiger partial charge in [0.1, 0.15) is 0 Å². The fourth-order valence-electron chi connectivity index (χ4n) is 1.93. The van der Waals surface area contributed by atoms with E-state index in [4.69, 9.17) is 5.11 Å². The number of amides is 1. The first kappa shape index (κ1) is 14.9. The monoisotopic (exact) mass is 229 g/mol. The van der Waals surface area contributed by atoms with Crippen LogP contribution in [0.2, 0.25) is 0 Å². The van der Waals surface area contributed by atoms with Gasteiger partial charge in [-0.2, -0.15) is 0 Å². The summed E-state index contributed by atoms with van der Waals surface area (Å²) in [6.45, 7) is 7.63. The van der Waals surface area contributed by atoms with Crippen LogP contribution >= 0.6 is 0 Å². The number of rotatable bonds is 7. The third kappa shape index (κ3) is 5.73. The summed E-state index contributed by atoms with van der Waals surface area (Å²) in [6.07, 6.45) is 2.12. The van der Waals surface area contributed by atoms with E-state index in [0.717, 1.165) is 12.8 Å². The summed E-state index contributed by atoms with van der Waals surface area (Å²) < 4.78 is 0. The van der Waals surface area contributed by atoms with Crippen molar-refractivity contribution >= 4 is 11.9 Å². The van der Waals surface area contributed by atoms with Crippen LogP contribution in [0.25, 0.3) is 0 Å². The highest BCUT2D eigenvalue weighted by atomic mass is 16.4. The number of nitrogens with one attached hydrogen (secondary N) is 1. The molecule has 0 rings (SSSR count). The molecular formula is C12H23NO3. The van der Waals surface area contributed by atoms with Crippen molar-refractivity contribution in [1.29, 1.82) is 0 Å². The van der Waals surface area contributed by atoms with E-state index in [9.17, 15) is 9.59 Å². The fourth-order valence-corrected chi connectivity index (χ4v) is 1.93. The number of carbonyl (C=O) groups is 2. The molecule has 16 heavy (non-hydrogen) atoms. The van der Waals surface area contributed by atoms with E-state index in [-0.39, 0.29) is 24.3 Å². The van der Waals surface area contributed by atoms with Crippen molar-refractivity contribution in [3.8, 4) is 0 Å². The van der Waals surface area contributed by atoms with Gasteiger partial charge in [0.05, 0.1) is 6.42 Å². The van der Waals surface area contributed by atoms with E-state index in [0.29, 0.717) is 5.92 Å². The molecule has 4 heteroatoms. The molecule has 0 saturated carbocycles. The van der Waals surface area contributed by atoms with Gasteiger partial charge in [0.15, 0.2) is 0 Å². The Kier molecular flexibility index (Phi) is 6.77. The first-order chi connectivity index (χ1) is 7.38. The van der Waals surface area contributed by atoms with Crippen molar-refractivity contribution < 1.29 is 14.7 Å². The zero-order chi connectivity index (χ0) is 12.7. The van der Waals surface area contributed by atoms with Gasteiger partial charge in [-0.3, -0.25) is 9.59 Å². The Morgan fingerprint density at radius 2 is 1.88 bits per heavy atom. The van der Waals surface area contributed by atoms with Gasteiger partial charge in [-0.1, -0.05) is 33.6 Å². The second-order valence-corrected chi connectivity index (χ2v) is 4.53. The summed E-state index contributed by atoms with van der Waals surface area (Å²) in [5.74, 6) is -0.433. The Balaban J connectivity index is 4.47. The molecule has 0 aromatic carbocycles. The number of hydrogen-bond donors (Lipinski definition) is 2. The maximum Gasteiger partial charge on any atom is 0.305 e. The lowest BCUT2D eigenvalue weighted by Gasteiger charge is -2.28. The van der Waals surface area contributed by atoms with Crippen LogP contribution in [0.4, 0.5) is 0 Å². The van der Waals surface area contributed by atoms with Crippen molar-refractivity contribution in [2.45, 2.75) is 53.0 Å². The van der Waals surface area contributed by atoms with Crippen molar-refractivity contribution in [3.63, 3.8) is 0 Å². The minimum atomic E-state index is -0.866. The van der Waals surface area contributed by atoms with E-state index < -0.39 is 5.97 Å². The summed E-state index contributed by atoms with van der Waals surface area (Å²) in [7, 11) is 0. The molecular weight excluding hydrogens is 206 g/mol. The topological polar surface area (TPSA) is 66.4 Å². The number of carbonyl (C=O) groups excluding carboxylic acids is 1. The average molecular weight is 229 g/mol. The van der Waals surface area contributed by atoms with Crippen LogP contribution in [0.3, 0.4) is 0 Å². The molecule has 2 N–H and O–H groups in total. The van der Waals surface area contributed by atoms with E-state index in [1.54, 1.807) is 0 Å². The van der Waals surface area contributed by atoms with Gasteiger partial charge in [-0.15, -0.1) is 0 Å². The minimum Gasteiger partial charge on any atom is -0.481 e. The Morgan fingerprint density at radius 3 is 2.25 bits per heavy atom. The van der Waals surface area contributed by atoms with Gasteiger partial charge in [0, 0.05) is 13.0 Å². The van der Waals surface area contributed by atoms with Gasteiger partial charge in [0.25, 0.3) is 0 Å². The predicted molar refractivity (Wildman–Crippen MR) is 63.1 cm³/mol.